The smallest absolute Gasteiger partial charge is 0.137 e. The molecule has 1 aromatic carbocycles. The van der Waals surface area contributed by atoms with E-state index in [0.29, 0.717) is 22.4 Å². The standard InChI is InChI=1S/C13H19BrFNO/c1-8(2)6-7-11(17)13(16)9-4-3-5-10(15)12(9)14/h3-5,8,11,13,17H,6-7,16H2,1-2H3/t11-,13+/m1/s1. The SMILES string of the molecule is CC(C)CC[C@@H](O)[C@@H](N)c1cccc(F)c1Br. The number of aliphatic hydroxyl groups excluding tert-OH is 1. The number of halogens is 2. The van der Waals surface area contributed by atoms with Gasteiger partial charge in [-0.05, 0) is 46.3 Å². The van der Waals surface area contributed by atoms with Crippen molar-refractivity contribution in [3.8, 4) is 0 Å². The number of benzene rings is 1. The lowest BCUT2D eigenvalue weighted by molar-refractivity contribution is 0.128. The second kappa shape index (κ2) is 6.47. The summed E-state index contributed by atoms with van der Waals surface area (Å²) in [5.41, 5.74) is 6.56. The molecule has 0 unspecified atom stereocenters. The zero-order chi connectivity index (χ0) is 13.0. The molecule has 4 heteroatoms. The van der Waals surface area contributed by atoms with Gasteiger partial charge in [0.1, 0.15) is 5.82 Å². The van der Waals surface area contributed by atoms with E-state index in [1.807, 2.05) is 0 Å². The fraction of sp³-hybridized carbons (Fsp3) is 0.538. The molecule has 2 atom stereocenters. The highest BCUT2D eigenvalue weighted by Gasteiger charge is 2.20. The fourth-order valence-corrected chi connectivity index (χ4v) is 2.20. The molecule has 0 spiro atoms. The Labute approximate surface area is 110 Å². The van der Waals surface area contributed by atoms with Crippen molar-refractivity contribution in [1.29, 1.82) is 0 Å². The summed E-state index contributed by atoms with van der Waals surface area (Å²) in [4.78, 5) is 0. The molecule has 0 saturated heterocycles. The number of hydrogen-bond donors (Lipinski definition) is 2. The van der Waals surface area contributed by atoms with Gasteiger partial charge in [-0.15, -0.1) is 0 Å². The normalized spacial score (nSPS) is 15.0. The number of hydrogen-bond acceptors (Lipinski definition) is 2. The second-order valence-electron chi connectivity index (χ2n) is 4.71. The van der Waals surface area contributed by atoms with Crippen molar-refractivity contribution in [3.63, 3.8) is 0 Å². The van der Waals surface area contributed by atoms with Crippen LogP contribution in [-0.2, 0) is 0 Å². The topological polar surface area (TPSA) is 46.2 Å². The first-order valence-corrected chi connectivity index (χ1v) is 6.60. The molecule has 96 valence electrons. The third-order valence-corrected chi connectivity index (χ3v) is 3.63. The molecule has 3 N–H and O–H groups in total. The second-order valence-corrected chi connectivity index (χ2v) is 5.50. The molecule has 0 heterocycles. The van der Waals surface area contributed by atoms with Gasteiger partial charge < -0.3 is 10.8 Å². The van der Waals surface area contributed by atoms with Crippen molar-refractivity contribution in [2.45, 2.75) is 38.8 Å². The van der Waals surface area contributed by atoms with Crippen LogP contribution in [0.15, 0.2) is 22.7 Å². The van der Waals surface area contributed by atoms with Crippen molar-refractivity contribution in [2.24, 2.45) is 11.7 Å². The van der Waals surface area contributed by atoms with Gasteiger partial charge in [0.15, 0.2) is 0 Å². The first-order chi connectivity index (χ1) is 7.93. The molecule has 0 aliphatic carbocycles. The average molecular weight is 304 g/mol. The van der Waals surface area contributed by atoms with E-state index in [1.165, 1.54) is 6.07 Å². The summed E-state index contributed by atoms with van der Waals surface area (Å²) in [7, 11) is 0. The Morgan fingerprint density at radius 1 is 1.35 bits per heavy atom. The van der Waals surface area contributed by atoms with Crippen LogP contribution in [0.2, 0.25) is 0 Å². The number of nitrogens with two attached hydrogens (primary N) is 1. The van der Waals surface area contributed by atoms with Crippen LogP contribution in [0.5, 0.6) is 0 Å². The molecule has 1 aromatic rings. The molecule has 0 bridgehead atoms. The minimum absolute atomic E-state index is 0.344. The maximum Gasteiger partial charge on any atom is 0.137 e. The average Bonchev–Trinajstić information content (AvgIpc) is 2.28. The summed E-state index contributed by atoms with van der Waals surface area (Å²) in [5, 5.41) is 9.97. The van der Waals surface area contributed by atoms with Crippen LogP contribution in [0.25, 0.3) is 0 Å². The quantitative estimate of drug-likeness (QED) is 0.876. The van der Waals surface area contributed by atoms with Crippen LogP contribution in [0, 0.1) is 11.7 Å². The van der Waals surface area contributed by atoms with Gasteiger partial charge in [0, 0.05) is 0 Å². The summed E-state index contributed by atoms with van der Waals surface area (Å²) >= 11 is 3.16. The van der Waals surface area contributed by atoms with Gasteiger partial charge >= 0.3 is 0 Å². The van der Waals surface area contributed by atoms with E-state index in [0.717, 1.165) is 6.42 Å². The molecule has 2 nitrogen and oxygen atoms in total. The molecule has 0 radical (unpaired) electrons. The minimum Gasteiger partial charge on any atom is -0.391 e. The van der Waals surface area contributed by atoms with Crippen LogP contribution in [0.3, 0.4) is 0 Å². The maximum absolute atomic E-state index is 13.3. The molecular weight excluding hydrogens is 285 g/mol. The Bertz CT molecular complexity index is 370. The predicted octanol–water partition coefficient (Wildman–Crippen LogP) is 3.39. The molecule has 0 aliphatic heterocycles. The van der Waals surface area contributed by atoms with E-state index in [-0.39, 0.29) is 5.82 Å². The van der Waals surface area contributed by atoms with Gasteiger partial charge in [-0.25, -0.2) is 4.39 Å². The van der Waals surface area contributed by atoms with Crippen molar-refractivity contribution in [1.82, 2.24) is 0 Å². The highest BCUT2D eigenvalue weighted by molar-refractivity contribution is 9.10. The molecule has 17 heavy (non-hydrogen) atoms. The summed E-state index contributed by atoms with van der Waals surface area (Å²) in [6.07, 6.45) is 0.888. The zero-order valence-corrected chi connectivity index (χ0v) is 11.7. The van der Waals surface area contributed by atoms with Crippen LogP contribution >= 0.6 is 15.9 Å². The van der Waals surface area contributed by atoms with Gasteiger partial charge in [0.25, 0.3) is 0 Å². The van der Waals surface area contributed by atoms with Gasteiger partial charge in [-0.3, -0.25) is 0 Å². The van der Waals surface area contributed by atoms with Crippen molar-refractivity contribution < 1.29 is 9.50 Å². The molecule has 0 saturated carbocycles. The van der Waals surface area contributed by atoms with Gasteiger partial charge in [-0.1, -0.05) is 26.0 Å². The molecule has 0 fully saturated rings. The van der Waals surface area contributed by atoms with Crippen molar-refractivity contribution in [2.75, 3.05) is 0 Å². The third-order valence-electron chi connectivity index (χ3n) is 2.79. The lowest BCUT2D eigenvalue weighted by Crippen LogP contribution is -2.27. The Kier molecular flexibility index (Phi) is 5.56. The number of aliphatic hydroxyl groups is 1. The van der Waals surface area contributed by atoms with Crippen molar-refractivity contribution in [3.05, 3.63) is 34.1 Å². The Balaban J connectivity index is 2.74. The summed E-state index contributed by atoms with van der Waals surface area (Å²) in [6.45, 7) is 4.19. The maximum atomic E-state index is 13.3. The molecule has 0 aromatic heterocycles. The Hall–Kier alpha value is -0.450. The van der Waals surface area contributed by atoms with Gasteiger partial charge in [0.2, 0.25) is 0 Å². The van der Waals surface area contributed by atoms with E-state index in [9.17, 15) is 9.50 Å². The lowest BCUT2D eigenvalue weighted by atomic mass is 9.96. The van der Waals surface area contributed by atoms with E-state index in [1.54, 1.807) is 12.1 Å². The first-order valence-electron chi connectivity index (χ1n) is 5.81. The third kappa shape index (κ3) is 4.05. The first kappa shape index (κ1) is 14.6. The Morgan fingerprint density at radius 2 is 2.00 bits per heavy atom. The zero-order valence-electron chi connectivity index (χ0n) is 10.2. The van der Waals surface area contributed by atoms with Crippen LogP contribution in [-0.4, -0.2) is 11.2 Å². The molecule has 0 amide bonds. The van der Waals surface area contributed by atoms with E-state index < -0.39 is 12.1 Å². The van der Waals surface area contributed by atoms with Crippen molar-refractivity contribution >= 4 is 15.9 Å². The summed E-state index contributed by atoms with van der Waals surface area (Å²) in [6, 6.07) is 4.14. The molecule has 0 aliphatic rings. The highest BCUT2D eigenvalue weighted by Crippen LogP contribution is 2.28. The largest absolute Gasteiger partial charge is 0.391 e. The van der Waals surface area contributed by atoms with E-state index >= 15 is 0 Å². The molecular formula is C13H19BrFNO. The van der Waals surface area contributed by atoms with E-state index in [4.69, 9.17) is 5.73 Å². The minimum atomic E-state index is -0.643. The summed E-state index contributed by atoms with van der Waals surface area (Å²) in [5.74, 6) is 0.168. The Morgan fingerprint density at radius 3 is 2.59 bits per heavy atom. The molecule has 1 rings (SSSR count). The van der Waals surface area contributed by atoms with Gasteiger partial charge in [0.05, 0.1) is 16.6 Å². The fourth-order valence-electron chi connectivity index (χ4n) is 1.67. The predicted molar refractivity (Wildman–Crippen MR) is 71.1 cm³/mol. The lowest BCUT2D eigenvalue weighted by Gasteiger charge is -2.21. The highest BCUT2D eigenvalue weighted by atomic mass is 79.9. The monoisotopic (exact) mass is 303 g/mol. The summed E-state index contributed by atoms with van der Waals surface area (Å²) < 4.78 is 13.7. The number of rotatable bonds is 5. The van der Waals surface area contributed by atoms with Crippen LogP contribution < -0.4 is 5.73 Å². The van der Waals surface area contributed by atoms with E-state index in [2.05, 4.69) is 29.8 Å². The van der Waals surface area contributed by atoms with Gasteiger partial charge in [-0.2, -0.15) is 0 Å². The van der Waals surface area contributed by atoms with Crippen LogP contribution in [0.4, 0.5) is 4.39 Å². The van der Waals surface area contributed by atoms with Crippen LogP contribution in [0.1, 0.15) is 38.3 Å².